The molecule has 88 valence electrons. The van der Waals surface area contributed by atoms with Gasteiger partial charge in [-0.3, -0.25) is 4.79 Å². The van der Waals surface area contributed by atoms with E-state index >= 15 is 0 Å². The van der Waals surface area contributed by atoms with Crippen molar-refractivity contribution in [3.8, 4) is 0 Å². The fourth-order valence-electron chi connectivity index (χ4n) is 1.18. The van der Waals surface area contributed by atoms with Gasteiger partial charge in [-0.2, -0.15) is 0 Å². The van der Waals surface area contributed by atoms with Crippen molar-refractivity contribution in [2.24, 2.45) is 0 Å². The van der Waals surface area contributed by atoms with Gasteiger partial charge in [0.1, 0.15) is 0 Å². The lowest BCUT2D eigenvalue weighted by atomic mass is 10.2. The Hall–Kier alpha value is -0.850. The first kappa shape index (κ1) is 12.6. The highest BCUT2D eigenvalue weighted by Crippen LogP contribution is 2.32. The third-order valence-electron chi connectivity index (χ3n) is 2.03. The van der Waals surface area contributed by atoms with E-state index in [1.165, 1.54) is 0 Å². The van der Waals surface area contributed by atoms with Gasteiger partial charge in [-0.25, -0.2) is 0 Å². The maximum Gasteiger partial charge on any atom is 0.179 e. The molecule has 0 unspecified atom stereocenters. The minimum Gasteiger partial charge on any atom is -0.295 e. The molecule has 1 aromatic heterocycles. The van der Waals surface area contributed by atoms with Gasteiger partial charge in [-0.05, 0) is 25.3 Å². The number of nitrogens with zero attached hydrogens (tertiary/aromatic N) is 2. The zero-order valence-electron chi connectivity index (χ0n) is 9.34. The summed E-state index contributed by atoms with van der Waals surface area (Å²) in [7, 11) is 0. The molecule has 0 aliphatic rings. The maximum atomic E-state index is 11.1. The lowest BCUT2D eigenvalue weighted by Crippen LogP contribution is -1.90. The molecule has 2 rings (SSSR count). The minimum absolute atomic E-state index is 0.0853. The van der Waals surface area contributed by atoms with Gasteiger partial charge in [0.25, 0.3) is 0 Å². The first-order chi connectivity index (χ1) is 8.19. The zero-order valence-corrected chi connectivity index (χ0v) is 11.8. The van der Waals surface area contributed by atoms with Crippen LogP contribution in [-0.4, -0.2) is 22.2 Å². The van der Waals surface area contributed by atoms with Crippen LogP contribution in [0.3, 0.4) is 0 Å². The summed E-state index contributed by atoms with van der Waals surface area (Å²) in [6.07, 6.45) is 1.98. The first-order valence-electron chi connectivity index (χ1n) is 4.85. The molecule has 0 fully saturated rings. The Balaban J connectivity index is 2.10. The van der Waals surface area contributed by atoms with Crippen molar-refractivity contribution in [2.75, 3.05) is 6.26 Å². The molecule has 1 heterocycles. The van der Waals surface area contributed by atoms with Gasteiger partial charge in [0.05, 0.1) is 0 Å². The van der Waals surface area contributed by atoms with Crippen molar-refractivity contribution in [3.05, 3.63) is 29.8 Å². The third-order valence-corrected chi connectivity index (χ3v) is 4.99. The molecule has 6 heteroatoms. The normalized spacial score (nSPS) is 10.5. The van der Waals surface area contributed by atoms with Gasteiger partial charge in [-0.1, -0.05) is 47.0 Å². The van der Waals surface area contributed by atoms with E-state index < -0.39 is 0 Å². The number of hydrogen-bond donors (Lipinski definition) is 0. The van der Waals surface area contributed by atoms with Gasteiger partial charge in [-0.15, -0.1) is 10.2 Å². The quantitative estimate of drug-likeness (QED) is 0.633. The summed E-state index contributed by atoms with van der Waals surface area (Å²) < 4.78 is 1.89. The summed E-state index contributed by atoms with van der Waals surface area (Å²) in [4.78, 5) is 12.2. The predicted octanol–water partition coefficient (Wildman–Crippen LogP) is 3.61. The molecule has 17 heavy (non-hydrogen) atoms. The molecule has 0 saturated heterocycles. The first-order valence-corrected chi connectivity index (χ1v) is 7.71. The van der Waals surface area contributed by atoms with E-state index in [-0.39, 0.29) is 5.78 Å². The molecule has 0 aliphatic carbocycles. The van der Waals surface area contributed by atoms with Gasteiger partial charge in [0, 0.05) is 10.5 Å². The van der Waals surface area contributed by atoms with Crippen molar-refractivity contribution in [1.82, 2.24) is 10.2 Å². The van der Waals surface area contributed by atoms with E-state index in [4.69, 9.17) is 0 Å². The molecule has 0 atom stereocenters. The fourth-order valence-corrected chi connectivity index (χ4v) is 3.59. The second-order valence-corrected chi connectivity index (χ2v) is 6.57. The monoisotopic (exact) mass is 282 g/mol. The molecule has 0 bridgehead atoms. The third kappa shape index (κ3) is 3.31. The molecule has 3 nitrogen and oxygen atoms in total. The second-order valence-electron chi connectivity index (χ2n) is 3.22. The van der Waals surface area contributed by atoms with Crippen LogP contribution in [0.4, 0.5) is 0 Å². The fraction of sp³-hybridized carbons (Fsp3) is 0.182. The summed E-state index contributed by atoms with van der Waals surface area (Å²) >= 11 is 4.73. The number of thioether (sulfide) groups is 1. The van der Waals surface area contributed by atoms with Crippen LogP contribution in [0.5, 0.6) is 0 Å². The molecule has 0 amide bonds. The average molecular weight is 282 g/mol. The van der Waals surface area contributed by atoms with Gasteiger partial charge >= 0.3 is 0 Å². The Bertz CT molecular complexity index is 522. The molecular formula is C11H10N2OS3. The molecule has 0 saturated carbocycles. The number of rotatable bonds is 4. The van der Waals surface area contributed by atoms with Gasteiger partial charge < -0.3 is 0 Å². The smallest absolute Gasteiger partial charge is 0.179 e. The number of ketones is 1. The Labute approximate surface area is 112 Å². The van der Waals surface area contributed by atoms with E-state index in [1.54, 1.807) is 41.8 Å². The van der Waals surface area contributed by atoms with Crippen molar-refractivity contribution in [2.45, 2.75) is 20.5 Å². The highest BCUT2D eigenvalue weighted by Gasteiger charge is 2.05. The lowest BCUT2D eigenvalue weighted by Gasteiger charge is -1.98. The molecule has 0 aliphatic heterocycles. The average Bonchev–Trinajstić information content (AvgIpc) is 2.77. The van der Waals surface area contributed by atoms with Crippen LogP contribution in [-0.2, 0) is 0 Å². The number of benzene rings is 1. The molecule has 1 aromatic carbocycles. The molecule has 0 spiro atoms. The Kier molecular flexibility index (Phi) is 4.20. The standard InChI is InChI=1S/C11H10N2OS3/c1-7(14)8-3-5-9(6-4-8)16-11-13-12-10(15-2)17-11/h3-6H,1-2H3. The number of carbonyl (C=O) groups is 1. The second kappa shape index (κ2) is 5.66. The molecule has 2 aromatic rings. The van der Waals surface area contributed by atoms with Crippen molar-refractivity contribution in [3.63, 3.8) is 0 Å². The van der Waals surface area contributed by atoms with E-state index in [0.29, 0.717) is 0 Å². The van der Waals surface area contributed by atoms with Crippen LogP contribution >= 0.6 is 34.9 Å². The largest absolute Gasteiger partial charge is 0.295 e. The number of aromatic nitrogens is 2. The van der Waals surface area contributed by atoms with Crippen molar-refractivity contribution < 1.29 is 4.79 Å². The minimum atomic E-state index is 0.0853. The van der Waals surface area contributed by atoms with Crippen molar-refractivity contribution >= 4 is 40.6 Å². The number of Topliss-reactive ketones (excluding diaryl/α,β-unsaturated/α-hetero) is 1. The van der Waals surface area contributed by atoms with Crippen LogP contribution < -0.4 is 0 Å². The van der Waals surface area contributed by atoms with E-state index in [0.717, 1.165) is 19.1 Å². The molecular weight excluding hydrogens is 272 g/mol. The van der Waals surface area contributed by atoms with Crippen LogP contribution in [0, 0.1) is 0 Å². The van der Waals surface area contributed by atoms with Crippen LogP contribution in [0.15, 0.2) is 37.8 Å². The van der Waals surface area contributed by atoms with Gasteiger partial charge in [0.2, 0.25) is 0 Å². The zero-order chi connectivity index (χ0) is 12.3. The molecule has 0 N–H and O–H groups in total. The maximum absolute atomic E-state index is 11.1. The SMILES string of the molecule is CSc1nnc(Sc2ccc(C(C)=O)cc2)s1. The highest BCUT2D eigenvalue weighted by atomic mass is 32.2. The Morgan fingerprint density at radius 2 is 1.82 bits per heavy atom. The molecule has 0 radical (unpaired) electrons. The van der Waals surface area contributed by atoms with Crippen LogP contribution in [0.2, 0.25) is 0 Å². The summed E-state index contributed by atoms with van der Waals surface area (Å²) in [6.45, 7) is 1.57. The summed E-state index contributed by atoms with van der Waals surface area (Å²) in [6, 6.07) is 7.53. The van der Waals surface area contributed by atoms with E-state index in [1.807, 2.05) is 30.5 Å². The Morgan fingerprint density at radius 3 is 2.35 bits per heavy atom. The summed E-state index contributed by atoms with van der Waals surface area (Å²) in [5.74, 6) is 0.0853. The Morgan fingerprint density at radius 1 is 1.18 bits per heavy atom. The van der Waals surface area contributed by atoms with Gasteiger partial charge in [0.15, 0.2) is 14.5 Å². The lowest BCUT2D eigenvalue weighted by molar-refractivity contribution is 0.101. The number of hydrogen-bond acceptors (Lipinski definition) is 6. The van der Waals surface area contributed by atoms with Crippen molar-refractivity contribution in [1.29, 1.82) is 0 Å². The van der Waals surface area contributed by atoms with Crippen LogP contribution in [0.25, 0.3) is 0 Å². The summed E-state index contributed by atoms with van der Waals surface area (Å²) in [5.41, 5.74) is 0.733. The topological polar surface area (TPSA) is 42.9 Å². The van der Waals surface area contributed by atoms with E-state index in [9.17, 15) is 4.79 Å². The summed E-state index contributed by atoms with van der Waals surface area (Å²) in [5, 5.41) is 8.12. The highest BCUT2D eigenvalue weighted by molar-refractivity contribution is 8.03. The predicted molar refractivity (Wildman–Crippen MR) is 72.3 cm³/mol. The number of carbonyl (C=O) groups excluding carboxylic acids is 1. The van der Waals surface area contributed by atoms with E-state index in [2.05, 4.69) is 10.2 Å². The van der Waals surface area contributed by atoms with Crippen LogP contribution in [0.1, 0.15) is 17.3 Å².